The molecule has 10 aliphatic rings. The number of hydrogen-bond donors (Lipinski definition) is 5. The summed E-state index contributed by atoms with van der Waals surface area (Å²) < 4.78 is 12.6. The van der Waals surface area contributed by atoms with Gasteiger partial charge in [0, 0.05) is 124 Å². The van der Waals surface area contributed by atoms with E-state index in [2.05, 4.69) is 59.4 Å². The fourth-order valence-electron chi connectivity index (χ4n) is 14.7. The maximum absolute atomic E-state index is 12.6. The van der Waals surface area contributed by atoms with E-state index >= 15 is 0 Å². The van der Waals surface area contributed by atoms with Crippen molar-refractivity contribution in [1.29, 1.82) is 15.8 Å². The van der Waals surface area contributed by atoms with Crippen LogP contribution in [-0.2, 0) is 23.7 Å². The summed E-state index contributed by atoms with van der Waals surface area (Å²) in [6.45, 7) is 17.0. The van der Waals surface area contributed by atoms with Crippen LogP contribution >= 0.6 is 11.6 Å². The van der Waals surface area contributed by atoms with Crippen LogP contribution in [0.5, 0.6) is 0 Å². The van der Waals surface area contributed by atoms with E-state index in [9.17, 15) is 45.5 Å². The molecule has 5 aromatic rings. The molecule has 7 N–H and O–H groups in total. The summed E-state index contributed by atoms with van der Waals surface area (Å²) in [6, 6.07) is 16.4. The van der Waals surface area contributed by atoms with Crippen LogP contribution in [0, 0.1) is 51.7 Å². The van der Waals surface area contributed by atoms with Gasteiger partial charge in [-0.05, 0) is 153 Å². The van der Waals surface area contributed by atoms with Gasteiger partial charge in [-0.3, -0.25) is 14.4 Å². The molecule has 3 atom stereocenters. The van der Waals surface area contributed by atoms with E-state index in [0.717, 1.165) is 111 Å². The number of pyridine rings is 3. The van der Waals surface area contributed by atoms with Crippen LogP contribution < -0.4 is 31.6 Å². The number of nitriles is 3. The van der Waals surface area contributed by atoms with Crippen molar-refractivity contribution in [3.8, 4) is 40.7 Å². The van der Waals surface area contributed by atoms with E-state index < -0.39 is 18.3 Å². The second kappa shape index (κ2) is 29.4. The molecule has 3 amide bonds. The Bertz CT molecular complexity index is 4100. The lowest BCUT2D eigenvalue weighted by molar-refractivity contribution is -0.136. The minimum Gasteiger partial charge on any atom is -0.399 e. The number of aliphatic hydroxyl groups is 3. The summed E-state index contributed by atoms with van der Waals surface area (Å²) in [5, 5.41) is 58.0. The molecule has 0 unspecified atom stereocenters. The summed E-state index contributed by atoms with van der Waals surface area (Å²) >= 11 is 6.11. The monoisotopic (exact) mass is 1390 g/mol. The predicted octanol–water partition coefficient (Wildman–Crippen LogP) is 6.59. The average molecular weight is 1390 g/mol. The van der Waals surface area contributed by atoms with Gasteiger partial charge in [0.15, 0.2) is 0 Å². The van der Waals surface area contributed by atoms with Gasteiger partial charge in [-0.2, -0.15) is 15.8 Å². The van der Waals surface area contributed by atoms with Gasteiger partial charge >= 0.3 is 7.12 Å². The molecule has 10 fully saturated rings. The zero-order chi connectivity index (χ0) is 71.2. The number of nitrogen functional groups attached to an aromatic ring is 2. The summed E-state index contributed by atoms with van der Waals surface area (Å²) in [6.07, 6.45) is 15.1. The van der Waals surface area contributed by atoms with Crippen molar-refractivity contribution in [2.24, 2.45) is 17.8 Å². The fourth-order valence-corrected chi connectivity index (χ4v) is 14.9. The van der Waals surface area contributed by atoms with Crippen molar-refractivity contribution in [3.63, 3.8) is 0 Å². The number of rotatable bonds is 19. The van der Waals surface area contributed by atoms with Gasteiger partial charge in [-0.1, -0.05) is 18.2 Å². The van der Waals surface area contributed by atoms with Crippen LogP contribution in [0.3, 0.4) is 0 Å². The van der Waals surface area contributed by atoms with Gasteiger partial charge in [0.1, 0.15) is 40.8 Å². The van der Waals surface area contributed by atoms with Gasteiger partial charge in [0.25, 0.3) is 0 Å². The third-order valence-corrected chi connectivity index (χ3v) is 21.9. The van der Waals surface area contributed by atoms with Gasteiger partial charge in [0.05, 0.1) is 94.3 Å². The maximum atomic E-state index is 12.6. The molecule has 5 aromatic heterocycles. The number of hydrogen-bond acceptors (Lipinski definition) is 23. The third kappa shape index (κ3) is 15.6. The molecule has 9 heterocycles. The molecule has 6 aliphatic carbocycles. The lowest BCUT2D eigenvalue weighted by Gasteiger charge is -2.42. The molecular weight excluding hydrogens is 1300 g/mol. The molecule has 530 valence electrons. The molecule has 0 bridgehead atoms. The van der Waals surface area contributed by atoms with Crippen molar-refractivity contribution in [2.75, 3.05) is 105 Å². The Morgan fingerprint density at radius 3 is 1.24 bits per heavy atom. The Kier molecular flexibility index (Phi) is 20.6. The highest BCUT2D eigenvalue weighted by atomic mass is 35.5. The zero-order valence-electron chi connectivity index (χ0n) is 58.1. The second-order valence-corrected chi connectivity index (χ2v) is 30.0. The van der Waals surface area contributed by atoms with E-state index in [1.807, 2.05) is 66.7 Å². The number of aromatic nitrogens is 7. The Morgan fingerprint density at radius 1 is 0.535 bits per heavy atom. The van der Waals surface area contributed by atoms with Crippen LogP contribution in [0.4, 0.5) is 29.4 Å². The first kappa shape index (κ1) is 70.8. The van der Waals surface area contributed by atoms with E-state index in [4.69, 9.17) is 47.3 Å². The van der Waals surface area contributed by atoms with Gasteiger partial charge in [0.2, 0.25) is 29.6 Å². The Balaban J connectivity index is 0.000000135. The van der Waals surface area contributed by atoms with E-state index in [0.29, 0.717) is 146 Å². The summed E-state index contributed by atoms with van der Waals surface area (Å²) in [5.74, 6) is 4.75. The van der Waals surface area contributed by atoms with Crippen LogP contribution in [0.15, 0.2) is 36.9 Å². The first-order valence-corrected chi connectivity index (χ1v) is 36.3. The van der Waals surface area contributed by atoms with Crippen LogP contribution in [-0.4, -0.2) is 198 Å². The number of nitrogens with zero attached hydrogens (tertiary/aromatic N) is 16. The first-order chi connectivity index (χ1) is 48.6. The molecule has 4 saturated heterocycles. The Hall–Kier alpha value is -8.62. The average Bonchev–Trinajstić information content (AvgIpc) is 1.59. The van der Waals surface area contributed by atoms with Gasteiger partial charge < -0.3 is 65.5 Å². The quantitative estimate of drug-likeness (QED) is 0.0429. The number of carbonyl (C=O) groups is 3. The van der Waals surface area contributed by atoms with Crippen molar-refractivity contribution in [3.05, 3.63) is 81.5 Å². The molecule has 6 saturated carbocycles. The predicted molar refractivity (Wildman–Crippen MR) is 381 cm³/mol. The molecule has 15 rings (SSSR count). The molecule has 0 radical (unpaired) electrons. The Morgan fingerprint density at radius 2 is 0.891 bits per heavy atom. The van der Waals surface area contributed by atoms with E-state index in [1.54, 1.807) is 12.1 Å². The van der Waals surface area contributed by atoms with Gasteiger partial charge in [-0.15, -0.1) is 0 Å². The lowest BCUT2D eigenvalue weighted by Crippen LogP contribution is -2.56. The topological polar surface area (TPSA) is 363 Å². The van der Waals surface area contributed by atoms with Gasteiger partial charge in [-0.25, -0.2) is 34.9 Å². The smallest absolute Gasteiger partial charge is 0.399 e. The number of piperazine rings is 3. The molecular formula is C73H90BClN18O8. The normalized spacial score (nSPS) is 22.3. The molecule has 4 aliphatic heterocycles. The minimum atomic E-state index is -0.540. The van der Waals surface area contributed by atoms with Crippen LogP contribution in [0.2, 0.25) is 5.15 Å². The lowest BCUT2D eigenvalue weighted by atomic mass is 9.76. The highest BCUT2D eigenvalue weighted by molar-refractivity contribution is 6.62. The number of amides is 3. The van der Waals surface area contributed by atoms with Crippen molar-refractivity contribution in [2.45, 2.75) is 171 Å². The third-order valence-electron chi connectivity index (χ3n) is 21.7. The van der Waals surface area contributed by atoms with Crippen molar-refractivity contribution in [1.82, 2.24) is 49.6 Å². The van der Waals surface area contributed by atoms with E-state index in [1.165, 1.54) is 0 Å². The number of halogens is 1. The molecule has 101 heavy (non-hydrogen) atoms. The summed E-state index contributed by atoms with van der Waals surface area (Å²) in [4.78, 5) is 82.0. The van der Waals surface area contributed by atoms with Crippen molar-refractivity contribution >= 4 is 77.3 Å². The Labute approximate surface area is 594 Å². The molecule has 0 aromatic carbocycles. The van der Waals surface area contributed by atoms with E-state index in [-0.39, 0.29) is 92.0 Å². The molecule has 28 heteroatoms. The van der Waals surface area contributed by atoms with Crippen molar-refractivity contribution < 1.29 is 39.0 Å². The molecule has 0 spiro atoms. The molecule has 26 nitrogen and oxygen atoms in total. The maximum Gasteiger partial charge on any atom is 0.496 e. The number of carbonyl (C=O) groups excluding carboxylic acids is 3. The highest BCUT2D eigenvalue weighted by Gasteiger charge is 2.54. The number of aliphatic hydroxyl groups excluding tert-OH is 3. The zero-order valence-corrected chi connectivity index (χ0v) is 58.9. The number of nitrogens with two attached hydrogens (primary N) is 2. The highest BCUT2D eigenvalue weighted by Crippen LogP contribution is 2.49. The first-order valence-electron chi connectivity index (χ1n) is 35.9. The fraction of sp³-hybridized carbons (Fsp3) is 0.575. The SMILES string of the molecule is C=Cc1cc(-c2cc(C#N)c(N3CCN(C(=O)CCO)[C@H](C4CC4)C3)nc2C2CC2)nc(N)n1.CC1(C)OB(c2cc(C#N)c(N3CCN(C(=O)CCO)[C@H](C4CC4)C3)nc2C2CC2)OC1(C)C.N#Cc1cc(-c2cc(Cl)nc(N)n2)c(C2CC2)nc1N1CCN(C(=O)CCO)[C@H](C2CC2)C1. The second-order valence-electron chi connectivity index (χ2n) is 29.6. The van der Waals surface area contributed by atoms with Crippen LogP contribution in [0.1, 0.15) is 181 Å². The van der Waals surface area contributed by atoms with Crippen LogP contribution in [0.25, 0.3) is 28.6 Å². The summed E-state index contributed by atoms with van der Waals surface area (Å²) in [5.41, 5.74) is 19.4. The summed E-state index contributed by atoms with van der Waals surface area (Å²) in [7, 11) is -0.540. The number of anilines is 5. The minimum absolute atomic E-state index is 0.000839. The largest absolute Gasteiger partial charge is 0.496 e. The standard InChI is InChI=1S/C25H35BN4O4.C25H29N7O2.C23H26ClN7O2/c1-24(2)25(3,4)34-26(33-24)19-13-18(14-27)23(28-22(19)17-7-8-17)29-10-11-30(21(32)9-12-31)20(15-29)16-5-6-16;1-2-18-12-20(29-25(27)28-18)19-11-17(13-26)24(30-23(19)16-5-6-16)31-8-9-32(22(34)7-10-33)21(14-31)15-3-4-15;24-19-10-17(27-23(26)28-19)16-9-15(11-25)22(29-21(16)14-3-4-14)30-6-7-31(20(33)5-8-32)18(12-30)13-1-2-13/h13,16-17,20,31H,5-12,15H2,1-4H3;2,11-12,15-16,21,33H,1,3-10,14H2,(H2,27,28,29);9-10,13-14,18,32H,1-8,12H2,(H2,26,27,28)/t20-;21-;18-/m000/s1.